The van der Waals surface area contributed by atoms with Gasteiger partial charge in [-0.3, -0.25) is 4.79 Å². The molecule has 36 heavy (non-hydrogen) atoms. The fourth-order valence-electron chi connectivity index (χ4n) is 4.26. The molecule has 0 aliphatic carbocycles. The molecule has 0 radical (unpaired) electrons. The van der Waals surface area contributed by atoms with Gasteiger partial charge in [0.15, 0.2) is 5.65 Å². The standard InChI is InChI=1S/C29H28N6O/c1-19-9-8-12-22(17-19)18-31-35-27(30)25(26-28(35)34-24-14-7-6-13-23(24)33-26)29(36)32-20(2)15-16-21-10-4-3-5-11-21/h3-14,17-18,20H,15-16,30H2,1-2H3,(H,32,36)/b31-18+. The monoisotopic (exact) mass is 476 g/mol. The number of nitrogens with two attached hydrogens (primary N) is 1. The van der Waals surface area contributed by atoms with Crippen molar-refractivity contribution in [1.82, 2.24) is 20.0 Å². The van der Waals surface area contributed by atoms with E-state index in [0.29, 0.717) is 22.2 Å². The first-order valence-electron chi connectivity index (χ1n) is 12.0. The largest absolute Gasteiger partial charge is 0.383 e. The Bertz CT molecular complexity index is 1570. The van der Waals surface area contributed by atoms with Crippen molar-refractivity contribution in [3.05, 3.63) is 101 Å². The summed E-state index contributed by atoms with van der Waals surface area (Å²) >= 11 is 0. The lowest BCUT2D eigenvalue weighted by molar-refractivity contribution is 0.0940. The van der Waals surface area contributed by atoms with Crippen LogP contribution in [0.5, 0.6) is 0 Å². The number of aromatic nitrogens is 3. The first-order chi connectivity index (χ1) is 17.5. The van der Waals surface area contributed by atoms with E-state index in [1.54, 1.807) is 6.21 Å². The molecule has 7 nitrogen and oxygen atoms in total. The van der Waals surface area contributed by atoms with Crippen LogP contribution in [0.4, 0.5) is 5.82 Å². The van der Waals surface area contributed by atoms with Crippen LogP contribution in [0, 0.1) is 6.92 Å². The van der Waals surface area contributed by atoms with Gasteiger partial charge < -0.3 is 11.1 Å². The van der Waals surface area contributed by atoms with Crippen molar-refractivity contribution in [2.24, 2.45) is 5.10 Å². The number of fused-ring (bicyclic) bond motifs is 2. The van der Waals surface area contributed by atoms with Crippen molar-refractivity contribution < 1.29 is 4.79 Å². The molecule has 0 saturated heterocycles. The molecule has 2 aromatic heterocycles. The summed E-state index contributed by atoms with van der Waals surface area (Å²) in [6.45, 7) is 4.02. The molecule has 3 N–H and O–H groups in total. The van der Waals surface area contributed by atoms with E-state index < -0.39 is 0 Å². The number of nitrogen functional groups attached to an aromatic ring is 1. The zero-order chi connectivity index (χ0) is 25.1. The maximum atomic E-state index is 13.4. The van der Waals surface area contributed by atoms with Crippen LogP contribution >= 0.6 is 0 Å². The molecule has 7 heteroatoms. The Balaban J connectivity index is 1.50. The molecule has 3 aromatic carbocycles. The topological polar surface area (TPSA) is 98.2 Å². The molecule has 1 amide bonds. The average molecular weight is 477 g/mol. The second-order valence-corrected chi connectivity index (χ2v) is 9.01. The molecule has 180 valence electrons. The normalized spacial score (nSPS) is 12.4. The van der Waals surface area contributed by atoms with Gasteiger partial charge in [-0.1, -0.05) is 72.3 Å². The highest BCUT2D eigenvalue weighted by molar-refractivity contribution is 6.10. The van der Waals surface area contributed by atoms with Crippen LogP contribution in [0.1, 0.15) is 40.4 Å². The predicted molar refractivity (Wildman–Crippen MR) is 145 cm³/mol. The summed E-state index contributed by atoms with van der Waals surface area (Å²) in [4.78, 5) is 23.0. The van der Waals surface area contributed by atoms with E-state index in [1.807, 2.05) is 80.6 Å². The molecule has 0 aliphatic rings. The zero-order valence-electron chi connectivity index (χ0n) is 20.3. The number of nitrogens with one attached hydrogen (secondary N) is 1. The lowest BCUT2D eigenvalue weighted by Crippen LogP contribution is -2.33. The van der Waals surface area contributed by atoms with Crippen LogP contribution in [0.15, 0.2) is 84.0 Å². The van der Waals surface area contributed by atoms with Gasteiger partial charge in [0.05, 0.1) is 17.2 Å². The molecule has 2 heterocycles. The maximum absolute atomic E-state index is 13.4. The van der Waals surface area contributed by atoms with Crippen LogP contribution in [-0.2, 0) is 6.42 Å². The number of nitrogens with zero attached hydrogens (tertiary/aromatic N) is 4. The average Bonchev–Trinajstić information content (AvgIpc) is 3.15. The summed E-state index contributed by atoms with van der Waals surface area (Å²) in [5.74, 6) is -0.0795. The summed E-state index contributed by atoms with van der Waals surface area (Å²) in [5, 5.41) is 7.68. The Morgan fingerprint density at radius 1 is 1.03 bits per heavy atom. The Labute approximate surface area is 209 Å². The van der Waals surface area contributed by atoms with E-state index in [0.717, 1.165) is 24.0 Å². The first-order valence-corrected chi connectivity index (χ1v) is 12.0. The number of aryl methyl sites for hydroxylation is 2. The number of amides is 1. The van der Waals surface area contributed by atoms with Crippen LogP contribution in [0.3, 0.4) is 0 Å². The van der Waals surface area contributed by atoms with E-state index >= 15 is 0 Å². The van der Waals surface area contributed by atoms with Crippen LogP contribution in [0.2, 0.25) is 0 Å². The third kappa shape index (κ3) is 4.81. The molecule has 0 saturated carbocycles. The molecule has 0 spiro atoms. The van der Waals surface area contributed by atoms with Gasteiger partial charge >= 0.3 is 0 Å². The van der Waals surface area contributed by atoms with Crippen molar-refractivity contribution >= 4 is 40.1 Å². The highest BCUT2D eigenvalue weighted by Gasteiger charge is 2.25. The van der Waals surface area contributed by atoms with Gasteiger partial charge in [-0.05, 0) is 49.9 Å². The van der Waals surface area contributed by atoms with Crippen molar-refractivity contribution in [3.63, 3.8) is 0 Å². The number of para-hydroxylation sites is 2. The van der Waals surface area contributed by atoms with E-state index in [4.69, 9.17) is 15.7 Å². The number of carbonyl (C=O) groups is 1. The minimum absolute atomic E-state index is 0.0558. The maximum Gasteiger partial charge on any atom is 0.257 e. The summed E-state index contributed by atoms with van der Waals surface area (Å²) in [5.41, 5.74) is 12.4. The number of benzene rings is 3. The Hall–Kier alpha value is -4.52. The number of rotatable bonds is 7. The summed E-state index contributed by atoms with van der Waals surface area (Å²) in [6, 6.07) is 25.7. The summed E-state index contributed by atoms with van der Waals surface area (Å²) < 4.78 is 1.50. The quantitative estimate of drug-likeness (QED) is 0.319. The molecular weight excluding hydrogens is 448 g/mol. The van der Waals surface area contributed by atoms with Crippen molar-refractivity contribution in [2.45, 2.75) is 32.7 Å². The zero-order valence-corrected chi connectivity index (χ0v) is 20.3. The second-order valence-electron chi connectivity index (χ2n) is 9.01. The van der Waals surface area contributed by atoms with Crippen molar-refractivity contribution in [2.75, 3.05) is 5.73 Å². The Morgan fingerprint density at radius 2 is 1.75 bits per heavy atom. The number of hydrogen-bond donors (Lipinski definition) is 2. The molecular formula is C29H28N6O. The summed E-state index contributed by atoms with van der Waals surface area (Å²) in [7, 11) is 0. The van der Waals surface area contributed by atoms with Gasteiger partial charge in [-0.15, -0.1) is 0 Å². The third-order valence-corrected chi connectivity index (χ3v) is 6.15. The first kappa shape index (κ1) is 23.2. The summed E-state index contributed by atoms with van der Waals surface area (Å²) in [6.07, 6.45) is 3.38. The second kappa shape index (κ2) is 10.00. The smallest absolute Gasteiger partial charge is 0.257 e. The third-order valence-electron chi connectivity index (χ3n) is 6.15. The fraction of sp³-hybridized carbons (Fsp3) is 0.172. The van der Waals surface area contributed by atoms with Gasteiger partial charge in [-0.25, -0.2) is 9.97 Å². The fourth-order valence-corrected chi connectivity index (χ4v) is 4.26. The van der Waals surface area contributed by atoms with E-state index in [1.165, 1.54) is 10.2 Å². The Kier molecular flexibility index (Phi) is 6.45. The van der Waals surface area contributed by atoms with E-state index in [9.17, 15) is 4.79 Å². The van der Waals surface area contributed by atoms with Gasteiger partial charge in [0.25, 0.3) is 5.91 Å². The van der Waals surface area contributed by atoms with Crippen molar-refractivity contribution in [1.29, 1.82) is 0 Å². The van der Waals surface area contributed by atoms with Gasteiger partial charge in [0.1, 0.15) is 16.9 Å². The Morgan fingerprint density at radius 3 is 2.50 bits per heavy atom. The number of carbonyl (C=O) groups excluding carboxylic acids is 1. The van der Waals surface area contributed by atoms with Crippen molar-refractivity contribution in [3.8, 4) is 0 Å². The van der Waals surface area contributed by atoms with Gasteiger partial charge in [0.2, 0.25) is 0 Å². The highest BCUT2D eigenvalue weighted by atomic mass is 16.1. The van der Waals surface area contributed by atoms with E-state index in [2.05, 4.69) is 22.6 Å². The molecule has 0 bridgehead atoms. The van der Waals surface area contributed by atoms with Crippen LogP contribution in [-0.4, -0.2) is 32.8 Å². The van der Waals surface area contributed by atoms with Crippen LogP contribution < -0.4 is 11.1 Å². The number of hydrogen-bond acceptors (Lipinski definition) is 5. The molecule has 5 rings (SSSR count). The minimum atomic E-state index is -0.285. The highest BCUT2D eigenvalue weighted by Crippen LogP contribution is 2.28. The molecule has 5 aromatic rings. The molecule has 1 unspecified atom stereocenters. The predicted octanol–water partition coefficient (Wildman–Crippen LogP) is 5.11. The van der Waals surface area contributed by atoms with Gasteiger partial charge in [-0.2, -0.15) is 9.78 Å². The molecule has 1 atom stereocenters. The lowest BCUT2D eigenvalue weighted by Gasteiger charge is -2.14. The lowest BCUT2D eigenvalue weighted by atomic mass is 10.1. The molecule has 0 fully saturated rings. The number of anilines is 1. The minimum Gasteiger partial charge on any atom is -0.383 e. The van der Waals surface area contributed by atoms with E-state index in [-0.39, 0.29) is 23.3 Å². The van der Waals surface area contributed by atoms with Gasteiger partial charge in [0, 0.05) is 6.04 Å². The molecule has 0 aliphatic heterocycles. The van der Waals surface area contributed by atoms with Crippen LogP contribution in [0.25, 0.3) is 22.2 Å². The SMILES string of the molecule is Cc1cccc(/C=N/n2c(N)c(C(=O)NC(C)CCc3ccccc3)c3nc4ccccc4nc32)c1.